The van der Waals surface area contributed by atoms with Crippen LogP contribution < -0.4 is 5.32 Å². The Morgan fingerprint density at radius 2 is 1.73 bits per heavy atom. The van der Waals surface area contributed by atoms with Crippen molar-refractivity contribution < 1.29 is 27.6 Å². The first-order valence-electron chi connectivity index (χ1n) is 8.59. The van der Waals surface area contributed by atoms with E-state index in [-0.39, 0.29) is 42.3 Å². The number of halogens is 3. The smallest absolute Gasteiger partial charge is 0.326 e. The van der Waals surface area contributed by atoms with Crippen molar-refractivity contribution in [1.82, 2.24) is 4.90 Å². The van der Waals surface area contributed by atoms with Gasteiger partial charge in [0.05, 0.1) is 17.4 Å². The van der Waals surface area contributed by atoms with Crippen molar-refractivity contribution >= 4 is 23.4 Å². The SMILES string of the molecule is O=C(CCN1C(=O)[C@@H]2CCCC[C@H]2C1=O)Nc1cccc(C(F)(F)F)c1. The van der Waals surface area contributed by atoms with Gasteiger partial charge in [-0.1, -0.05) is 18.9 Å². The number of carbonyl (C=O) groups is 3. The lowest BCUT2D eigenvalue weighted by atomic mass is 9.81. The van der Waals surface area contributed by atoms with Crippen LogP contribution in [-0.4, -0.2) is 29.2 Å². The Kier molecular flexibility index (Phi) is 5.02. The quantitative estimate of drug-likeness (QED) is 0.830. The first-order chi connectivity index (χ1) is 12.3. The van der Waals surface area contributed by atoms with Gasteiger partial charge in [-0.3, -0.25) is 19.3 Å². The molecule has 3 rings (SSSR count). The number of hydrogen-bond donors (Lipinski definition) is 1. The summed E-state index contributed by atoms with van der Waals surface area (Å²) in [5.41, 5.74) is -0.832. The van der Waals surface area contributed by atoms with E-state index in [0.717, 1.165) is 29.9 Å². The van der Waals surface area contributed by atoms with Crippen molar-refractivity contribution in [3.63, 3.8) is 0 Å². The minimum Gasteiger partial charge on any atom is -0.326 e. The van der Waals surface area contributed by atoms with E-state index in [0.29, 0.717) is 12.8 Å². The standard InChI is InChI=1S/C18H19F3N2O3/c19-18(20,21)11-4-3-5-12(10-11)22-15(24)8-9-23-16(25)13-6-1-2-7-14(13)17(23)26/h3-5,10,13-14H,1-2,6-9H2,(H,22,24)/t13-,14-/m1/s1. The van der Waals surface area contributed by atoms with E-state index in [1.54, 1.807) is 0 Å². The van der Waals surface area contributed by atoms with Crippen LogP contribution in [0, 0.1) is 11.8 Å². The lowest BCUT2D eigenvalue weighted by molar-refractivity contribution is -0.140. The number of fused-ring (bicyclic) bond motifs is 1. The van der Waals surface area contributed by atoms with E-state index in [4.69, 9.17) is 0 Å². The number of alkyl halides is 3. The fourth-order valence-electron chi connectivity index (χ4n) is 3.66. The third-order valence-corrected chi connectivity index (χ3v) is 4.97. The van der Waals surface area contributed by atoms with Gasteiger partial charge >= 0.3 is 6.18 Å². The van der Waals surface area contributed by atoms with Gasteiger partial charge in [0.15, 0.2) is 0 Å². The second-order valence-corrected chi connectivity index (χ2v) is 6.70. The number of likely N-dealkylation sites (tertiary alicyclic amines) is 1. The molecule has 5 nitrogen and oxygen atoms in total. The highest BCUT2D eigenvalue weighted by Crippen LogP contribution is 2.38. The van der Waals surface area contributed by atoms with E-state index in [9.17, 15) is 27.6 Å². The van der Waals surface area contributed by atoms with E-state index < -0.39 is 17.6 Å². The van der Waals surface area contributed by atoms with Crippen LogP contribution in [0.4, 0.5) is 18.9 Å². The molecular weight excluding hydrogens is 349 g/mol. The molecule has 1 aromatic rings. The van der Waals surface area contributed by atoms with Gasteiger partial charge in [-0.05, 0) is 31.0 Å². The van der Waals surface area contributed by atoms with Gasteiger partial charge in [0.1, 0.15) is 0 Å². The Morgan fingerprint density at radius 1 is 1.12 bits per heavy atom. The van der Waals surface area contributed by atoms with Gasteiger partial charge < -0.3 is 5.32 Å². The molecule has 0 unspecified atom stereocenters. The fourth-order valence-corrected chi connectivity index (χ4v) is 3.66. The fraction of sp³-hybridized carbons (Fsp3) is 0.500. The molecule has 1 saturated heterocycles. The van der Waals surface area contributed by atoms with Gasteiger partial charge in [0, 0.05) is 18.7 Å². The number of rotatable bonds is 4. The van der Waals surface area contributed by atoms with Crippen molar-refractivity contribution in [3.8, 4) is 0 Å². The summed E-state index contributed by atoms with van der Waals surface area (Å²) in [7, 11) is 0. The second kappa shape index (κ2) is 7.09. The van der Waals surface area contributed by atoms with Crippen molar-refractivity contribution in [2.45, 2.75) is 38.3 Å². The average Bonchev–Trinajstić information content (AvgIpc) is 2.84. The third kappa shape index (κ3) is 3.73. The first kappa shape index (κ1) is 18.4. The van der Waals surface area contributed by atoms with Crippen molar-refractivity contribution in [2.24, 2.45) is 11.8 Å². The zero-order valence-corrected chi connectivity index (χ0v) is 14.0. The lowest BCUT2D eigenvalue weighted by Gasteiger charge is -2.19. The monoisotopic (exact) mass is 368 g/mol. The molecule has 0 radical (unpaired) electrons. The Hall–Kier alpha value is -2.38. The van der Waals surface area contributed by atoms with Gasteiger partial charge in [-0.25, -0.2) is 0 Å². The molecule has 1 saturated carbocycles. The third-order valence-electron chi connectivity index (χ3n) is 4.97. The number of nitrogens with zero attached hydrogens (tertiary/aromatic N) is 1. The second-order valence-electron chi connectivity index (χ2n) is 6.70. The number of anilines is 1. The van der Waals surface area contributed by atoms with Gasteiger partial charge in [-0.2, -0.15) is 13.2 Å². The van der Waals surface area contributed by atoms with Crippen LogP contribution in [0.5, 0.6) is 0 Å². The van der Waals surface area contributed by atoms with Crippen LogP contribution >= 0.6 is 0 Å². The predicted molar refractivity (Wildman–Crippen MR) is 86.9 cm³/mol. The highest BCUT2D eigenvalue weighted by Gasteiger charge is 2.47. The zero-order valence-electron chi connectivity index (χ0n) is 14.0. The maximum Gasteiger partial charge on any atom is 0.416 e. The number of nitrogens with one attached hydrogen (secondary N) is 1. The van der Waals surface area contributed by atoms with E-state index >= 15 is 0 Å². The Morgan fingerprint density at radius 3 is 2.31 bits per heavy atom. The molecule has 1 aliphatic carbocycles. The maximum absolute atomic E-state index is 12.7. The zero-order chi connectivity index (χ0) is 18.9. The molecule has 0 bridgehead atoms. The number of imide groups is 1. The molecule has 1 N–H and O–H groups in total. The Balaban J connectivity index is 1.58. The summed E-state index contributed by atoms with van der Waals surface area (Å²) < 4.78 is 38.1. The molecule has 2 atom stereocenters. The molecule has 0 aromatic heterocycles. The minimum atomic E-state index is -4.49. The molecule has 2 fully saturated rings. The highest BCUT2D eigenvalue weighted by atomic mass is 19.4. The summed E-state index contributed by atoms with van der Waals surface area (Å²) in [4.78, 5) is 37.8. The molecule has 8 heteroatoms. The molecule has 3 amide bonds. The highest BCUT2D eigenvalue weighted by molar-refractivity contribution is 6.05. The maximum atomic E-state index is 12.7. The summed E-state index contributed by atoms with van der Waals surface area (Å²) in [6, 6.07) is 4.32. The van der Waals surface area contributed by atoms with Crippen LogP contribution in [-0.2, 0) is 20.6 Å². The topological polar surface area (TPSA) is 66.5 Å². The van der Waals surface area contributed by atoms with Crippen molar-refractivity contribution in [1.29, 1.82) is 0 Å². The number of hydrogen-bond acceptors (Lipinski definition) is 3. The molecule has 0 spiro atoms. The van der Waals surface area contributed by atoms with Crippen molar-refractivity contribution in [2.75, 3.05) is 11.9 Å². The van der Waals surface area contributed by atoms with Gasteiger partial charge in [-0.15, -0.1) is 0 Å². The first-order valence-corrected chi connectivity index (χ1v) is 8.59. The van der Waals surface area contributed by atoms with Gasteiger partial charge in [0.25, 0.3) is 0 Å². The molecule has 1 heterocycles. The summed E-state index contributed by atoms with van der Waals surface area (Å²) in [5.74, 6) is -1.55. The summed E-state index contributed by atoms with van der Waals surface area (Å²) in [5, 5.41) is 2.38. The Labute approximate surface area is 148 Å². The van der Waals surface area contributed by atoms with Crippen LogP contribution in [0.1, 0.15) is 37.7 Å². The van der Waals surface area contributed by atoms with Crippen LogP contribution in [0.15, 0.2) is 24.3 Å². The van der Waals surface area contributed by atoms with Gasteiger partial charge in [0.2, 0.25) is 17.7 Å². The molecule has 2 aliphatic rings. The molecule has 140 valence electrons. The van der Waals surface area contributed by atoms with Crippen LogP contribution in [0.3, 0.4) is 0 Å². The van der Waals surface area contributed by atoms with E-state index in [2.05, 4.69) is 5.32 Å². The van der Waals surface area contributed by atoms with Crippen molar-refractivity contribution in [3.05, 3.63) is 29.8 Å². The largest absolute Gasteiger partial charge is 0.416 e. The average molecular weight is 368 g/mol. The molecule has 1 aliphatic heterocycles. The molecule has 1 aromatic carbocycles. The number of benzene rings is 1. The molecular formula is C18H19F3N2O3. The predicted octanol–water partition coefficient (Wildman–Crippen LogP) is 3.21. The van der Waals surface area contributed by atoms with Crippen LogP contribution in [0.25, 0.3) is 0 Å². The Bertz CT molecular complexity index is 709. The van der Waals surface area contributed by atoms with E-state index in [1.165, 1.54) is 12.1 Å². The lowest BCUT2D eigenvalue weighted by Crippen LogP contribution is -2.34. The number of amides is 3. The minimum absolute atomic E-state index is 0.0255. The summed E-state index contributed by atoms with van der Waals surface area (Å²) in [6.45, 7) is -0.0462. The van der Waals surface area contributed by atoms with Crippen LogP contribution in [0.2, 0.25) is 0 Å². The molecule has 26 heavy (non-hydrogen) atoms. The summed E-state index contributed by atoms with van der Waals surface area (Å²) in [6.07, 6.45) is -1.41. The van der Waals surface area contributed by atoms with E-state index in [1.807, 2.05) is 0 Å². The summed E-state index contributed by atoms with van der Waals surface area (Å²) >= 11 is 0. The number of carbonyl (C=O) groups excluding carboxylic acids is 3. The normalized spacial score (nSPS) is 23.1.